The number of aromatic nitrogens is 2. The van der Waals surface area contributed by atoms with Gasteiger partial charge in [0, 0.05) is 12.1 Å². The fourth-order valence-electron chi connectivity index (χ4n) is 3.56. The van der Waals surface area contributed by atoms with E-state index in [0.29, 0.717) is 21.7 Å². The van der Waals surface area contributed by atoms with E-state index in [1.54, 1.807) is 24.3 Å². The molecule has 0 atom stereocenters. The molecule has 9 nitrogen and oxygen atoms in total. The number of benzene rings is 3. The number of hydrogen-bond acceptors (Lipinski definition) is 7. The van der Waals surface area contributed by atoms with E-state index in [1.165, 1.54) is 16.7 Å². The number of nitrogens with one attached hydrogen (secondary N) is 1. The van der Waals surface area contributed by atoms with Crippen molar-refractivity contribution in [1.82, 2.24) is 9.55 Å². The van der Waals surface area contributed by atoms with Crippen LogP contribution in [0.3, 0.4) is 0 Å². The van der Waals surface area contributed by atoms with E-state index >= 15 is 0 Å². The summed E-state index contributed by atoms with van der Waals surface area (Å²) in [6, 6.07) is 18.2. The van der Waals surface area contributed by atoms with Crippen molar-refractivity contribution in [3.8, 4) is 11.8 Å². The van der Waals surface area contributed by atoms with Gasteiger partial charge in [-0.1, -0.05) is 36.0 Å². The smallest absolute Gasteiger partial charge is 0.270 e. The minimum Gasteiger partial charge on any atom is -0.324 e. The number of non-ortho nitro benzene ring substituents is 1. The molecule has 10 heteroatoms. The first-order valence-corrected chi connectivity index (χ1v) is 11.5. The molecule has 0 spiro atoms. The molecule has 0 bridgehead atoms. The van der Waals surface area contributed by atoms with E-state index in [0.717, 1.165) is 29.0 Å². The highest BCUT2D eigenvalue weighted by Crippen LogP contribution is 2.26. The first-order chi connectivity index (χ1) is 16.8. The van der Waals surface area contributed by atoms with Crippen molar-refractivity contribution in [1.29, 1.82) is 5.26 Å². The molecular weight excluding hydrogens is 466 g/mol. The van der Waals surface area contributed by atoms with E-state index in [4.69, 9.17) is 0 Å². The lowest BCUT2D eigenvalue weighted by atomic mass is 10.1. The van der Waals surface area contributed by atoms with Gasteiger partial charge >= 0.3 is 0 Å². The lowest BCUT2D eigenvalue weighted by Crippen LogP contribution is -2.23. The summed E-state index contributed by atoms with van der Waals surface area (Å²) < 4.78 is 1.51. The first kappa shape index (κ1) is 23.7. The third-order valence-corrected chi connectivity index (χ3v) is 6.44. The van der Waals surface area contributed by atoms with Crippen molar-refractivity contribution in [3.05, 3.63) is 97.8 Å². The standard InChI is InChI=1S/C25H19N5O4S/c1-15-6-5-9-22(16(15)2)29-24(32)19-7-3-4-8-21(19)28-25(29)35-14-23(31)27-20-11-10-18(30(33)34)12-17(20)13-26/h3-12H,14H2,1-2H3,(H,27,31). The maximum Gasteiger partial charge on any atom is 0.270 e. The van der Waals surface area contributed by atoms with Crippen LogP contribution >= 0.6 is 11.8 Å². The largest absolute Gasteiger partial charge is 0.324 e. The molecule has 3 aromatic carbocycles. The molecule has 1 amide bonds. The SMILES string of the molecule is Cc1cccc(-n2c(SCC(=O)Nc3ccc([N+](=O)[O-])cc3C#N)nc3ccccc3c2=O)c1C. The number of carbonyl (C=O) groups excluding carboxylic acids is 1. The van der Waals surface area contributed by atoms with Gasteiger partial charge in [-0.15, -0.1) is 0 Å². The molecule has 0 aliphatic heterocycles. The molecule has 1 aromatic heterocycles. The highest BCUT2D eigenvalue weighted by molar-refractivity contribution is 7.99. The van der Waals surface area contributed by atoms with Crippen LogP contribution in [0.4, 0.5) is 11.4 Å². The van der Waals surface area contributed by atoms with E-state index in [2.05, 4.69) is 10.3 Å². The molecule has 4 rings (SSSR count). The Balaban J connectivity index is 1.68. The minimum absolute atomic E-state index is 0.0197. The summed E-state index contributed by atoms with van der Waals surface area (Å²) in [4.78, 5) is 41.1. The third kappa shape index (κ3) is 4.76. The fourth-order valence-corrected chi connectivity index (χ4v) is 4.37. The van der Waals surface area contributed by atoms with E-state index in [1.807, 2.05) is 38.1 Å². The van der Waals surface area contributed by atoms with Crippen molar-refractivity contribution in [2.24, 2.45) is 0 Å². The average Bonchev–Trinajstić information content (AvgIpc) is 2.85. The molecule has 1 N–H and O–H groups in total. The number of thioether (sulfide) groups is 1. The van der Waals surface area contributed by atoms with E-state index < -0.39 is 10.8 Å². The lowest BCUT2D eigenvalue weighted by molar-refractivity contribution is -0.384. The molecule has 0 saturated carbocycles. The van der Waals surface area contributed by atoms with Crippen LogP contribution in [-0.2, 0) is 4.79 Å². The Morgan fingerprint density at radius 1 is 1.17 bits per heavy atom. The Morgan fingerprint density at radius 3 is 2.69 bits per heavy atom. The van der Waals surface area contributed by atoms with Crippen LogP contribution in [0.15, 0.2) is 70.6 Å². The molecule has 0 unspecified atom stereocenters. The zero-order valence-electron chi connectivity index (χ0n) is 18.8. The molecule has 0 fully saturated rings. The Bertz CT molecular complexity index is 1590. The number of nitro benzene ring substituents is 1. The number of rotatable bonds is 6. The van der Waals surface area contributed by atoms with Crippen LogP contribution in [0.5, 0.6) is 0 Å². The zero-order valence-corrected chi connectivity index (χ0v) is 19.6. The van der Waals surface area contributed by atoms with Gasteiger partial charge in [0.05, 0.1) is 38.5 Å². The number of carbonyl (C=O) groups is 1. The monoisotopic (exact) mass is 485 g/mol. The summed E-state index contributed by atoms with van der Waals surface area (Å²) in [6.45, 7) is 3.88. The highest BCUT2D eigenvalue weighted by Gasteiger charge is 2.18. The predicted octanol–water partition coefficient (Wildman–Crippen LogP) is 4.51. The quantitative estimate of drug-likeness (QED) is 0.184. The Hall–Kier alpha value is -4.49. The normalized spacial score (nSPS) is 10.7. The van der Waals surface area contributed by atoms with Gasteiger partial charge in [-0.3, -0.25) is 24.3 Å². The number of anilines is 1. The number of amides is 1. The Morgan fingerprint density at radius 2 is 1.94 bits per heavy atom. The Kier molecular flexibility index (Phi) is 6.62. The maximum absolute atomic E-state index is 13.4. The minimum atomic E-state index is -0.611. The van der Waals surface area contributed by atoms with Crippen molar-refractivity contribution >= 4 is 39.9 Å². The van der Waals surface area contributed by atoms with Crippen LogP contribution in [-0.4, -0.2) is 26.1 Å². The molecule has 0 aliphatic carbocycles. The average molecular weight is 486 g/mol. The van der Waals surface area contributed by atoms with E-state index in [9.17, 15) is 25.0 Å². The van der Waals surface area contributed by atoms with Gasteiger partial charge in [0.25, 0.3) is 11.2 Å². The van der Waals surface area contributed by atoms with Crippen LogP contribution in [0.1, 0.15) is 16.7 Å². The third-order valence-electron chi connectivity index (χ3n) is 5.50. The lowest BCUT2D eigenvalue weighted by Gasteiger charge is -2.16. The van der Waals surface area contributed by atoms with Gasteiger partial charge in [0.2, 0.25) is 5.91 Å². The van der Waals surface area contributed by atoms with Gasteiger partial charge in [-0.2, -0.15) is 5.26 Å². The zero-order chi connectivity index (χ0) is 25.1. The topological polar surface area (TPSA) is 131 Å². The Labute approximate surface area is 204 Å². The molecule has 0 saturated heterocycles. The second-order valence-corrected chi connectivity index (χ2v) is 8.65. The molecular formula is C25H19N5O4S. The number of aryl methyl sites for hydroxylation is 1. The van der Waals surface area contributed by atoms with Gasteiger partial charge < -0.3 is 5.32 Å². The van der Waals surface area contributed by atoms with Crippen molar-refractivity contribution < 1.29 is 9.72 Å². The molecule has 35 heavy (non-hydrogen) atoms. The maximum atomic E-state index is 13.4. The fraction of sp³-hybridized carbons (Fsp3) is 0.120. The van der Waals surface area contributed by atoms with Gasteiger partial charge in [0.1, 0.15) is 6.07 Å². The molecule has 0 aliphatic rings. The van der Waals surface area contributed by atoms with Gasteiger partial charge in [-0.05, 0) is 49.2 Å². The summed E-state index contributed by atoms with van der Waals surface area (Å²) in [6.07, 6.45) is 0. The van der Waals surface area contributed by atoms with Crippen LogP contribution in [0.25, 0.3) is 16.6 Å². The van der Waals surface area contributed by atoms with Gasteiger partial charge in [0.15, 0.2) is 5.16 Å². The second-order valence-electron chi connectivity index (χ2n) is 7.71. The van der Waals surface area contributed by atoms with Crippen LogP contribution in [0.2, 0.25) is 0 Å². The number of nitro groups is 1. The van der Waals surface area contributed by atoms with Crippen molar-refractivity contribution in [3.63, 3.8) is 0 Å². The number of para-hydroxylation sites is 1. The molecule has 0 radical (unpaired) electrons. The molecule has 1 heterocycles. The summed E-state index contributed by atoms with van der Waals surface area (Å²) in [7, 11) is 0. The summed E-state index contributed by atoms with van der Waals surface area (Å²) in [5.74, 6) is -0.549. The second kappa shape index (κ2) is 9.79. The predicted molar refractivity (Wildman–Crippen MR) is 134 cm³/mol. The number of fused-ring (bicyclic) bond motifs is 1. The number of nitrogens with zero attached hydrogens (tertiary/aromatic N) is 4. The first-order valence-electron chi connectivity index (χ1n) is 10.5. The molecule has 4 aromatic rings. The van der Waals surface area contributed by atoms with Gasteiger partial charge in [-0.25, -0.2) is 4.98 Å². The number of hydrogen-bond donors (Lipinski definition) is 1. The van der Waals surface area contributed by atoms with E-state index in [-0.39, 0.29) is 28.3 Å². The van der Waals surface area contributed by atoms with Crippen LogP contribution < -0.4 is 10.9 Å². The molecule has 174 valence electrons. The summed E-state index contributed by atoms with van der Waals surface area (Å²) >= 11 is 1.08. The highest BCUT2D eigenvalue weighted by atomic mass is 32.2. The van der Waals surface area contributed by atoms with Crippen molar-refractivity contribution in [2.45, 2.75) is 19.0 Å². The number of nitriles is 1. The van der Waals surface area contributed by atoms with Crippen molar-refractivity contribution in [2.75, 3.05) is 11.1 Å². The summed E-state index contributed by atoms with van der Waals surface area (Å²) in [5, 5.41) is 23.7. The van der Waals surface area contributed by atoms with Crippen LogP contribution in [0, 0.1) is 35.3 Å². The summed E-state index contributed by atoms with van der Waals surface area (Å²) in [5.41, 5.74) is 2.79.